The second-order valence-electron chi connectivity index (χ2n) is 3.87. The van der Waals surface area contributed by atoms with Crippen LogP contribution in [0.3, 0.4) is 0 Å². The van der Waals surface area contributed by atoms with Crippen molar-refractivity contribution in [1.29, 1.82) is 0 Å². The van der Waals surface area contributed by atoms with Crippen LogP contribution in [0.25, 0.3) is 0 Å². The zero-order valence-corrected chi connectivity index (χ0v) is 11.1. The van der Waals surface area contributed by atoms with Gasteiger partial charge in [0.1, 0.15) is 0 Å². The van der Waals surface area contributed by atoms with Gasteiger partial charge in [0.2, 0.25) is 5.91 Å². The van der Waals surface area contributed by atoms with Gasteiger partial charge in [-0.05, 0) is 19.8 Å². The number of hydrogen-bond donors (Lipinski definition) is 1. The summed E-state index contributed by atoms with van der Waals surface area (Å²) in [6.07, 6.45) is 7.99. The zero-order valence-electron chi connectivity index (χ0n) is 9.53. The molecule has 5 heteroatoms. The van der Waals surface area contributed by atoms with E-state index in [9.17, 15) is 4.79 Å². The van der Waals surface area contributed by atoms with Crippen molar-refractivity contribution in [2.45, 2.75) is 38.8 Å². The highest BCUT2D eigenvalue weighted by atomic mass is 79.9. The van der Waals surface area contributed by atoms with Crippen molar-refractivity contribution in [2.75, 3.05) is 5.33 Å². The van der Waals surface area contributed by atoms with E-state index in [-0.39, 0.29) is 11.9 Å². The van der Waals surface area contributed by atoms with Crippen LogP contribution < -0.4 is 5.32 Å². The van der Waals surface area contributed by atoms with Crippen LogP contribution in [-0.2, 0) is 11.3 Å². The fourth-order valence-corrected chi connectivity index (χ4v) is 1.88. The third-order valence-corrected chi connectivity index (χ3v) is 2.80. The summed E-state index contributed by atoms with van der Waals surface area (Å²) in [6, 6.07) is 0.144. The highest BCUT2D eigenvalue weighted by Gasteiger charge is 2.07. The number of carbonyl (C=O) groups is 1. The molecule has 0 saturated heterocycles. The molecule has 1 heterocycles. The van der Waals surface area contributed by atoms with Crippen LogP contribution >= 0.6 is 15.9 Å². The minimum atomic E-state index is 0.133. The molecule has 0 fully saturated rings. The van der Waals surface area contributed by atoms with Crippen LogP contribution in [0.4, 0.5) is 0 Å². The highest BCUT2D eigenvalue weighted by Crippen LogP contribution is 1.99. The topological polar surface area (TPSA) is 46.9 Å². The van der Waals surface area contributed by atoms with Crippen molar-refractivity contribution in [2.24, 2.45) is 0 Å². The number of hydrogen-bond acceptors (Lipinski definition) is 2. The summed E-state index contributed by atoms with van der Waals surface area (Å²) >= 11 is 3.35. The number of alkyl halides is 1. The summed E-state index contributed by atoms with van der Waals surface area (Å²) < 4.78 is 1.96. The van der Waals surface area contributed by atoms with E-state index in [2.05, 4.69) is 26.2 Å². The van der Waals surface area contributed by atoms with Gasteiger partial charge in [-0.3, -0.25) is 4.79 Å². The first-order valence-electron chi connectivity index (χ1n) is 5.53. The summed E-state index contributed by atoms with van der Waals surface area (Å²) in [5.74, 6) is 0.133. The van der Waals surface area contributed by atoms with Gasteiger partial charge in [0.25, 0.3) is 0 Å². The second kappa shape index (κ2) is 7.44. The van der Waals surface area contributed by atoms with E-state index in [1.807, 2.05) is 17.7 Å². The standard InChI is InChI=1S/C11H18BrN3O/c1-10(8-15-7-6-13-9-15)14-11(16)4-2-3-5-12/h6-7,9-10H,2-5,8H2,1H3,(H,14,16). The lowest BCUT2D eigenvalue weighted by Crippen LogP contribution is -2.35. The smallest absolute Gasteiger partial charge is 0.220 e. The molecule has 0 bridgehead atoms. The summed E-state index contributed by atoms with van der Waals surface area (Å²) in [4.78, 5) is 15.5. The van der Waals surface area contributed by atoms with Crippen molar-refractivity contribution in [1.82, 2.24) is 14.9 Å². The van der Waals surface area contributed by atoms with E-state index >= 15 is 0 Å². The van der Waals surface area contributed by atoms with E-state index in [0.717, 1.165) is 24.7 Å². The van der Waals surface area contributed by atoms with Gasteiger partial charge in [0.15, 0.2) is 0 Å². The monoisotopic (exact) mass is 287 g/mol. The van der Waals surface area contributed by atoms with Gasteiger partial charge >= 0.3 is 0 Å². The predicted octanol–water partition coefficient (Wildman–Crippen LogP) is 1.95. The Kier molecular flexibility index (Phi) is 6.15. The van der Waals surface area contributed by atoms with Crippen molar-refractivity contribution in [3.63, 3.8) is 0 Å². The van der Waals surface area contributed by atoms with Crippen LogP contribution in [0.15, 0.2) is 18.7 Å². The average Bonchev–Trinajstić information content (AvgIpc) is 2.70. The maximum atomic E-state index is 11.5. The summed E-state index contributed by atoms with van der Waals surface area (Å²) in [6.45, 7) is 2.77. The average molecular weight is 288 g/mol. The Morgan fingerprint density at radius 2 is 2.38 bits per heavy atom. The lowest BCUT2D eigenvalue weighted by Gasteiger charge is -2.14. The number of unbranched alkanes of at least 4 members (excludes halogenated alkanes) is 1. The summed E-state index contributed by atoms with van der Waals surface area (Å²) in [7, 11) is 0. The van der Waals surface area contributed by atoms with Gasteiger partial charge in [-0.25, -0.2) is 4.98 Å². The Bertz CT molecular complexity index is 300. The molecule has 1 atom stereocenters. The highest BCUT2D eigenvalue weighted by molar-refractivity contribution is 9.09. The molecule has 1 rings (SSSR count). The molecule has 1 N–H and O–H groups in total. The first-order chi connectivity index (χ1) is 7.72. The molecule has 1 aromatic rings. The summed E-state index contributed by atoms with van der Waals surface area (Å²) in [5, 5.41) is 3.94. The molecule has 0 aliphatic carbocycles. The minimum Gasteiger partial charge on any atom is -0.352 e. The Labute approximate surface area is 105 Å². The fraction of sp³-hybridized carbons (Fsp3) is 0.636. The number of nitrogens with zero attached hydrogens (tertiary/aromatic N) is 2. The first kappa shape index (κ1) is 13.2. The fourth-order valence-electron chi connectivity index (χ4n) is 1.48. The van der Waals surface area contributed by atoms with Gasteiger partial charge in [0, 0.05) is 36.7 Å². The molecule has 0 spiro atoms. The predicted molar refractivity (Wildman–Crippen MR) is 67.5 cm³/mol. The van der Waals surface area contributed by atoms with Gasteiger partial charge in [-0.1, -0.05) is 15.9 Å². The lowest BCUT2D eigenvalue weighted by molar-refractivity contribution is -0.121. The first-order valence-corrected chi connectivity index (χ1v) is 6.65. The number of amides is 1. The molecular formula is C11H18BrN3O. The molecule has 90 valence electrons. The second-order valence-corrected chi connectivity index (χ2v) is 4.67. The third-order valence-electron chi connectivity index (χ3n) is 2.24. The van der Waals surface area contributed by atoms with Crippen LogP contribution in [0.2, 0.25) is 0 Å². The molecule has 1 aromatic heterocycles. The molecule has 0 saturated carbocycles. The Balaban J connectivity index is 2.18. The van der Waals surface area contributed by atoms with Crippen molar-refractivity contribution < 1.29 is 4.79 Å². The number of carbonyl (C=O) groups excluding carboxylic acids is 1. The normalized spacial score (nSPS) is 12.4. The quantitative estimate of drug-likeness (QED) is 0.616. The van der Waals surface area contributed by atoms with E-state index < -0.39 is 0 Å². The van der Waals surface area contributed by atoms with Crippen LogP contribution in [0, 0.1) is 0 Å². The van der Waals surface area contributed by atoms with E-state index in [0.29, 0.717) is 6.42 Å². The van der Waals surface area contributed by atoms with Crippen LogP contribution in [-0.4, -0.2) is 26.8 Å². The third kappa shape index (κ3) is 5.30. The molecular weight excluding hydrogens is 270 g/mol. The largest absolute Gasteiger partial charge is 0.352 e. The van der Waals surface area contributed by atoms with Gasteiger partial charge in [0.05, 0.1) is 6.33 Å². The number of nitrogens with one attached hydrogen (secondary N) is 1. The SMILES string of the molecule is CC(Cn1ccnc1)NC(=O)CCCCBr. The van der Waals surface area contributed by atoms with Crippen LogP contribution in [0.1, 0.15) is 26.2 Å². The van der Waals surface area contributed by atoms with Crippen molar-refractivity contribution in [3.05, 3.63) is 18.7 Å². The molecule has 4 nitrogen and oxygen atoms in total. The number of halogens is 1. The molecule has 1 amide bonds. The van der Waals surface area contributed by atoms with E-state index in [1.54, 1.807) is 12.5 Å². The van der Waals surface area contributed by atoms with Gasteiger partial charge in [-0.15, -0.1) is 0 Å². The van der Waals surface area contributed by atoms with E-state index in [4.69, 9.17) is 0 Å². The van der Waals surface area contributed by atoms with Gasteiger partial charge < -0.3 is 9.88 Å². The molecule has 1 unspecified atom stereocenters. The number of rotatable bonds is 7. The summed E-state index contributed by atoms with van der Waals surface area (Å²) in [5.41, 5.74) is 0. The van der Waals surface area contributed by atoms with Crippen molar-refractivity contribution >= 4 is 21.8 Å². The molecule has 0 aliphatic rings. The molecule has 0 radical (unpaired) electrons. The Morgan fingerprint density at radius 3 is 3.00 bits per heavy atom. The lowest BCUT2D eigenvalue weighted by atomic mass is 10.2. The van der Waals surface area contributed by atoms with Crippen LogP contribution in [0.5, 0.6) is 0 Å². The van der Waals surface area contributed by atoms with Gasteiger partial charge in [-0.2, -0.15) is 0 Å². The van der Waals surface area contributed by atoms with E-state index in [1.165, 1.54) is 0 Å². The zero-order chi connectivity index (χ0) is 11.8. The van der Waals surface area contributed by atoms with Crippen molar-refractivity contribution in [3.8, 4) is 0 Å². The Morgan fingerprint density at radius 1 is 1.56 bits per heavy atom. The minimum absolute atomic E-state index is 0.133. The maximum Gasteiger partial charge on any atom is 0.220 e. The number of imidazole rings is 1. The molecule has 16 heavy (non-hydrogen) atoms. The number of aromatic nitrogens is 2. The molecule has 0 aliphatic heterocycles. The Hall–Kier alpha value is -0.840. The molecule has 0 aromatic carbocycles. The maximum absolute atomic E-state index is 11.5.